The molecule has 68 valence electrons. The Hall–Kier alpha value is -1.36. The van der Waals surface area contributed by atoms with E-state index in [4.69, 9.17) is 10.5 Å². The minimum atomic E-state index is -0.418. The van der Waals surface area contributed by atoms with Crippen LogP contribution >= 0.6 is 11.3 Å². The maximum atomic E-state index is 13.0. The van der Waals surface area contributed by atoms with Crippen molar-refractivity contribution in [3.8, 4) is 5.19 Å². The van der Waals surface area contributed by atoms with E-state index in [2.05, 4.69) is 4.98 Å². The van der Waals surface area contributed by atoms with Gasteiger partial charge in [0.15, 0.2) is 0 Å². The highest BCUT2D eigenvalue weighted by Crippen LogP contribution is 2.32. The zero-order valence-electron chi connectivity index (χ0n) is 6.87. The topological polar surface area (TPSA) is 48.1 Å². The standard InChI is InChI=1S/C8H7FN2OS/c1-12-8-11-5-3-2-4(9)6(10)7(5)13-8/h2-3H,10H2,1H3. The Morgan fingerprint density at radius 3 is 3.00 bits per heavy atom. The Kier molecular flexibility index (Phi) is 1.81. The van der Waals surface area contributed by atoms with Crippen LogP contribution in [0.4, 0.5) is 10.1 Å². The summed E-state index contributed by atoms with van der Waals surface area (Å²) in [4.78, 5) is 4.08. The van der Waals surface area contributed by atoms with Gasteiger partial charge in [0, 0.05) is 0 Å². The molecule has 0 amide bonds. The van der Waals surface area contributed by atoms with E-state index < -0.39 is 5.82 Å². The first-order chi connectivity index (χ1) is 6.22. The largest absolute Gasteiger partial charge is 0.473 e. The highest BCUT2D eigenvalue weighted by molar-refractivity contribution is 7.20. The molecule has 0 unspecified atom stereocenters. The molecule has 1 aromatic carbocycles. The van der Waals surface area contributed by atoms with Crippen molar-refractivity contribution in [2.75, 3.05) is 12.8 Å². The van der Waals surface area contributed by atoms with Crippen LogP contribution in [0.15, 0.2) is 12.1 Å². The predicted octanol–water partition coefficient (Wildman–Crippen LogP) is 2.03. The number of hydrogen-bond donors (Lipinski definition) is 1. The number of halogens is 1. The van der Waals surface area contributed by atoms with Gasteiger partial charge in [0.2, 0.25) is 0 Å². The molecule has 2 N–H and O–H groups in total. The zero-order valence-corrected chi connectivity index (χ0v) is 7.69. The summed E-state index contributed by atoms with van der Waals surface area (Å²) in [5.74, 6) is -0.418. The van der Waals surface area contributed by atoms with Gasteiger partial charge in [-0.05, 0) is 12.1 Å². The third kappa shape index (κ3) is 1.21. The predicted molar refractivity (Wildman–Crippen MR) is 50.5 cm³/mol. The van der Waals surface area contributed by atoms with Crippen LogP contribution in [0, 0.1) is 5.82 Å². The Morgan fingerprint density at radius 1 is 1.54 bits per heavy atom. The lowest BCUT2D eigenvalue weighted by Gasteiger charge is -1.94. The summed E-state index contributed by atoms with van der Waals surface area (Å²) < 4.78 is 18.5. The molecule has 0 aliphatic rings. The number of nitrogens with zero attached hydrogens (tertiary/aromatic N) is 1. The Morgan fingerprint density at radius 2 is 2.31 bits per heavy atom. The molecule has 1 aromatic heterocycles. The molecule has 0 spiro atoms. The summed E-state index contributed by atoms with van der Waals surface area (Å²) in [5, 5.41) is 0.493. The van der Waals surface area contributed by atoms with Gasteiger partial charge >= 0.3 is 0 Å². The Balaban J connectivity index is 2.76. The van der Waals surface area contributed by atoms with Gasteiger partial charge in [0.05, 0.1) is 23.0 Å². The molecule has 0 bridgehead atoms. The molecule has 0 aliphatic heterocycles. The second-order valence-electron chi connectivity index (χ2n) is 2.49. The molecule has 1 heterocycles. The monoisotopic (exact) mass is 198 g/mol. The highest BCUT2D eigenvalue weighted by Gasteiger charge is 2.09. The van der Waals surface area contributed by atoms with E-state index in [1.54, 1.807) is 6.07 Å². The fourth-order valence-corrected chi connectivity index (χ4v) is 1.88. The molecule has 0 atom stereocenters. The van der Waals surface area contributed by atoms with Crippen molar-refractivity contribution < 1.29 is 9.13 Å². The molecule has 2 rings (SSSR count). The lowest BCUT2D eigenvalue weighted by molar-refractivity contribution is 0.413. The van der Waals surface area contributed by atoms with Crippen molar-refractivity contribution in [3.63, 3.8) is 0 Å². The smallest absolute Gasteiger partial charge is 0.274 e. The molecular formula is C8H7FN2OS. The molecular weight excluding hydrogens is 191 g/mol. The first-order valence-electron chi connectivity index (χ1n) is 3.61. The number of fused-ring (bicyclic) bond motifs is 1. The van der Waals surface area contributed by atoms with Crippen LogP contribution in [-0.4, -0.2) is 12.1 Å². The van der Waals surface area contributed by atoms with Gasteiger partial charge in [-0.3, -0.25) is 0 Å². The van der Waals surface area contributed by atoms with Gasteiger partial charge in [-0.15, -0.1) is 0 Å². The van der Waals surface area contributed by atoms with Gasteiger partial charge in [-0.2, -0.15) is 0 Å². The van der Waals surface area contributed by atoms with E-state index in [0.29, 0.717) is 15.4 Å². The molecule has 13 heavy (non-hydrogen) atoms. The number of ether oxygens (including phenoxy) is 1. The summed E-state index contributed by atoms with van der Waals surface area (Å²) in [6, 6.07) is 2.89. The van der Waals surface area contributed by atoms with Crippen molar-refractivity contribution >= 4 is 27.2 Å². The molecule has 0 saturated carbocycles. The normalized spacial score (nSPS) is 10.6. The zero-order chi connectivity index (χ0) is 9.42. The van der Waals surface area contributed by atoms with Crippen molar-refractivity contribution in [2.45, 2.75) is 0 Å². The number of benzene rings is 1. The molecule has 2 aromatic rings. The van der Waals surface area contributed by atoms with Gasteiger partial charge in [0.1, 0.15) is 5.82 Å². The number of methoxy groups -OCH3 is 1. The summed E-state index contributed by atoms with van der Waals surface area (Å²) in [6.07, 6.45) is 0. The van der Waals surface area contributed by atoms with Crippen LogP contribution in [0.5, 0.6) is 5.19 Å². The van der Waals surface area contributed by atoms with E-state index in [9.17, 15) is 4.39 Å². The molecule has 3 nitrogen and oxygen atoms in total. The maximum absolute atomic E-state index is 13.0. The summed E-state index contributed by atoms with van der Waals surface area (Å²) in [7, 11) is 1.52. The van der Waals surface area contributed by atoms with E-state index in [1.807, 2.05) is 0 Å². The molecule has 5 heteroatoms. The Labute approximate surface area is 78.0 Å². The summed E-state index contributed by atoms with van der Waals surface area (Å²) in [5.41, 5.74) is 6.33. The second-order valence-corrected chi connectivity index (χ2v) is 3.45. The number of nitrogen functional groups attached to an aromatic ring is 1. The van der Waals surface area contributed by atoms with Gasteiger partial charge < -0.3 is 10.5 Å². The first kappa shape index (κ1) is 8.25. The molecule has 0 aliphatic carbocycles. The van der Waals surface area contributed by atoms with Crippen LogP contribution in [0.25, 0.3) is 10.2 Å². The van der Waals surface area contributed by atoms with Gasteiger partial charge in [-0.25, -0.2) is 9.37 Å². The third-order valence-electron chi connectivity index (χ3n) is 1.70. The number of aromatic nitrogens is 1. The number of anilines is 1. The lowest BCUT2D eigenvalue weighted by atomic mass is 10.3. The average molecular weight is 198 g/mol. The minimum absolute atomic E-state index is 0.137. The van der Waals surface area contributed by atoms with E-state index in [0.717, 1.165) is 0 Å². The van der Waals surface area contributed by atoms with Crippen molar-refractivity contribution in [3.05, 3.63) is 17.9 Å². The van der Waals surface area contributed by atoms with Crippen LogP contribution in [0.2, 0.25) is 0 Å². The minimum Gasteiger partial charge on any atom is -0.473 e. The first-order valence-corrected chi connectivity index (χ1v) is 4.42. The molecule has 0 saturated heterocycles. The van der Waals surface area contributed by atoms with E-state index in [1.165, 1.54) is 24.5 Å². The van der Waals surface area contributed by atoms with Crippen LogP contribution in [0.1, 0.15) is 0 Å². The fraction of sp³-hybridized carbons (Fsp3) is 0.125. The van der Waals surface area contributed by atoms with Gasteiger partial charge in [0.25, 0.3) is 5.19 Å². The fourth-order valence-electron chi connectivity index (χ4n) is 1.06. The third-order valence-corrected chi connectivity index (χ3v) is 2.76. The maximum Gasteiger partial charge on any atom is 0.274 e. The van der Waals surface area contributed by atoms with Crippen molar-refractivity contribution in [2.24, 2.45) is 0 Å². The van der Waals surface area contributed by atoms with E-state index in [-0.39, 0.29) is 5.69 Å². The highest BCUT2D eigenvalue weighted by atomic mass is 32.1. The van der Waals surface area contributed by atoms with Crippen molar-refractivity contribution in [1.29, 1.82) is 0 Å². The Bertz CT molecular complexity index is 455. The quantitative estimate of drug-likeness (QED) is 0.713. The molecule has 0 fully saturated rings. The van der Waals surface area contributed by atoms with Crippen LogP contribution in [-0.2, 0) is 0 Å². The number of rotatable bonds is 1. The van der Waals surface area contributed by atoms with Crippen LogP contribution in [0.3, 0.4) is 0 Å². The molecule has 0 radical (unpaired) electrons. The summed E-state index contributed by atoms with van der Waals surface area (Å²) >= 11 is 1.24. The number of nitrogens with two attached hydrogens (primary N) is 1. The van der Waals surface area contributed by atoms with E-state index >= 15 is 0 Å². The lowest BCUT2D eigenvalue weighted by Crippen LogP contribution is -1.89. The average Bonchev–Trinajstić information content (AvgIpc) is 2.55. The second kappa shape index (κ2) is 2.85. The van der Waals surface area contributed by atoms with Crippen LogP contribution < -0.4 is 10.5 Å². The number of hydrogen-bond acceptors (Lipinski definition) is 4. The SMILES string of the molecule is COc1nc2ccc(F)c(N)c2s1. The number of thiazole rings is 1. The summed E-state index contributed by atoms with van der Waals surface area (Å²) in [6.45, 7) is 0. The van der Waals surface area contributed by atoms with Crippen molar-refractivity contribution in [1.82, 2.24) is 4.98 Å². The van der Waals surface area contributed by atoms with Gasteiger partial charge in [-0.1, -0.05) is 11.3 Å².